The Bertz CT molecular complexity index is 1060. The molecule has 32 heavy (non-hydrogen) atoms. The number of aromatic nitrogens is 1. The van der Waals surface area contributed by atoms with Gasteiger partial charge in [-0.15, -0.1) is 0 Å². The number of aliphatic hydroxyl groups is 1. The minimum Gasteiger partial charge on any atom is -0.481 e. The van der Waals surface area contributed by atoms with Crippen LogP contribution in [0.3, 0.4) is 0 Å². The maximum Gasteiger partial charge on any atom is 0.410 e. The molecule has 0 aliphatic carbocycles. The Hall–Kier alpha value is -2.50. The van der Waals surface area contributed by atoms with E-state index in [1.165, 1.54) is 30.2 Å². The number of aliphatic hydroxyl groups excluding tert-OH is 1. The predicted molar refractivity (Wildman–Crippen MR) is 118 cm³/mol. The molecule has 0 fully saturated rings. The molecule has 2 N–H and O–H groups in total. The highest BCUT2D eigenvalue weighted by atomic mass is 32.2. The van der Waals surface area contributed by atoms with Crippen molar-refractivity contribution in [3.63, 3.8) is 0 Å². The zero-order valence-electron chi connectivity index (χ0n) is 18.9. The number of ether oxygens (including phenoxy) is 2. The van der Waals surface area contributed by atoms with Gasteiger partial charge in [-0.3, -0.25) is 0 Å². The molecule has 1 amide bonds. The first-order chi connectivity index (χ1) is 14.9. The fourth-order valence-corrected chi connectivity index (χ4v) is 4.60. The van der Waals surface area contributed by atoms with Gasteiger partial charge in [0, 0.05) is 36.5 Å². The van der Waals surface area contributed by atoms with Crippen LogP contribution in [0.15, 0.2) is 29.3 Å². The second kappa shape index (κ2) is 10.4. The Kier molecular flexibility index (Phi) is 8.38. The monoisotopic (exact) mass is 471 g/mol. The van der Waals surface area contributed by atoms with Crippen LogP contribution in [-0.2, 0) is 14.8 Å². The van der Waals surface area contributed by atoms with Crippen LogP contribution in [0.5, 0.6) is 5.88 Å². The number of methoxy groups -OCH3 is 1. The molecular weight excluding hydrogens is 441 g/mol. The molecule has 0 saturated carbocycles. The average Bonchev–Trinajstić information content (AvgIpc) is 2.69. The number of halogens is 1. The normalized spacial score (nSPS) is 13.1. The summed E-state index contributed by atoms with van der Waals surface area (Å²) in [6, 6.07) is 3.55. The first kappa shape index (κ1) is 25.8. The number of benzene rings is 1. The van der Waals surface area contributed by atoms with E-state index >= 15 is 0 Å². The molecule has 1 unspecified atom stereocenters. The second-order valence-corrected chi connectivity index (χ2v) is 10.0. The van der Waals surface area contributed by atoms with E-state index in [1.807, 2.05) is 0 Å². The molecule has 0 spiro atoms. The van der Waals surface area contributed by atoms with Gasteiger partial charge in [-0.1, -0.05) is 6.07 Å². The number of carbonyl (C=O) groups excluding carboxylic acids is 1. The number of fused-ring (bicyclic) bond motifs is 1. The van der Waals surface area contributed by atoms with Gasteiger partial charge in [-0.2, -0.15) is 0 Å². The summed E-state index contributed by atoms with van der Waals surface area (Å²) in [4.78, 5) is 17.4. The molecule has 1 heterocycles. The highest BCUT2D eigenvalue weighted by Crippen LogP contribution is 2.30. The zero-order chi connectivity index (χ0) is 24.1. The van der Waals surface area contributed by atoms with Crippen molar-refractivity contribution in [2.45, 2.75) is 50.7 Å². The van der Waals surface area contributed by atoms with Crippen LogP contribution >= 0.6 is 0 Å². The van der Waals surface area contributed by atoms with Crippen molar-refractivity contribution < 1.29 is 32.2 Å². The third kappa shape index (κ3) is 6.50. The number of hydrogen-bond acceptors (Lipinski definition) is 7. The van der Waals surface area contributed by atoms with Crippen molar-refractivity contribution >= 4 is 26.9 Å². The van der Waals surface area contributed by atoms with Crippen LogP contribution in [0.25, 0.3) is 10.8 Å². The molecule has 0 aliphatic rings. The predicted octanol–water partition coefficient (Wildman–Crippen LogP) is 2.67. The zero-order valence-corrected chi connectivity index (χ0v) is 19.7. The smallest absolute Gasteiger partial charge is 0.410 e. The quantitative estimate of drug-likeness (QED) is 0.577. The Balaban J connectivity index is 2.30. The van der Waals surface area contributed by atoms with E-state index < -0.39 is 33.6 Å². The third-order valence-corrected chi connectivity index (χ3v) is 5.99. The maximum absolute atomic E-state index is 14.5. The van der Waals surface area contributed by atoms with Crippen LogP contribution in [0.1, 0.15) is 34.1 Å². The molecule has 11 heteroatoms. The van der Waals surface area contributed by atoms with E-state index in [9.17, 15) is 17.6 Å². The summed E-state index contributed by atoms with van der Waals surface area (Å²) in [5, 5.41) is 9.21. The number of rotatable bonds is 9. The molecule has 0 saturated heterocycles. The van der Waals surface area contributed by atoms with E-state index in [1.54, 1.807) is 27.7 Å². The molecule has 178 valence electrons. The van der Waals surface area contributed by atoms with Gasteiger partial charge in [-0.05, 0) is 46.2 Å². The van der Waals surface area contributed by atoms with Gasteiger partial charge >= 0.3 is 6.09 Å². The van der Waals surface area contributed by atoms with Crippen LogP contribution in [0, 0.1) is 5.82 Å². The van der Waals surface area contributed by atoms with E-state index in [0.717, 1.165) is 6.20 Å². The van der Waals surface area contributed by atoms with Crippen LogP contribution in [0.2, 0.25) is 0 Å². The van der Waals surface area contributed by atoms with Crippen molar-refractivity contribution in [3.05, 3.63) is 30.2 Å². The lowest BCUT2D eigenvalue weighted by Crippen LogP contribution is -2.46. The van der Waals surface area contributed by atoms with E-state index in [0.29, 0.717) is 6.42 Å². The summed E-state index contributed by atoms with van der Waals surface area (Å²) >= 11 is 0. The van der Waals surface area contributed by atoms with Gasteiger partial charge in [0.15, 0.2) is 5.82 Å². The molecule has 2 aromatic rings. The number of amides is 1. The summed E-state index contributed by atoms with van der Waals surface area (Å²) in [6.07, 6.45) is 0.590. The Morgan fingerprint density at radius 2 is 2.03 bits per heavy atom. The molecule has 0 radical (unpaired) electrons. The van der Waals surface area contributed by atoms with Gasteiger partial charge in [0.25, 0.3) is 0 Å². The lowest BCUT2D eigenvalue weighted by atomic mass is 10.1. The molecule has 1 aromatic carbocycles. The third-order valence-electron chi connectivity index (χ3n) is 4.36. The summed E-state index contributed by atoms with van der Waals surface area (Å²) in [5.74, 6) is -0.695. The van der Waals surface area contributed by atoms with E-state index in [-0.39, 0.29) is 41.2 Å². The van der Waals surface area contributed by atoms with Gasteiger partial charge in [0.1, 0.15) is 5.60 Å². The van der Waals surface area contributed by atoms with Crippen LogP contribution < -0.4 is 9.46 Å². The van der Waals surface area contributed by atoms with Crippen LogP contribution in [0.4, 0.5) is 9.18 Å². The van der Waals surface area contributed by atoms with Crippen molar-refractivity contribution in [1.29, 1.82) is 0 Å². The fraction of sp³-hybridized carbons (Fsp3) is 0.524. The van der Waals surface area contributed by atoms with Crippen molar-refractivity contribution in [2.75, 3.05) is 26.8 Å². The molecule has 9 nitrogen and oxygen atoms in total. The van der Waals surface area contributed by atoms with Crippen molar-refractivity contribution in [2.24, 2.45) is 0 Å². The Labute approximate surface area is 187 Å². The summed E-state index contributed by atoms with van der Waals surface area (Å²) < 4.78 is 53.7. The number of nitrogens with zero attached hydrogens (tertiary/aromatic N) is 2. The number of pyridine rings is 1. The fourth-order valence-electron chi connectivity index (χ4n) is 3.13. The molecule has 2 rings (SSSR count). The van der Waals surface area contributed by atoms with Crippen molar-refractivity contribution in [3.8, 4) is 5.88 Å². The Morgan fingerprint density at radius 1 is 1.34 bits per heavy atom. The van der Waals surface area contributed by atoms with Crippen LogP contribution in [-0.4, -0.2) is 68.0 Å². The SMILES string of the molecule is COc1ncc(F)c2c(S(=O)(=O)NC(C)CN(CCCO)C(=O)OC(C)(C)C)cccc12. The van der Waals surface area contributed by atoms with Gasteiger partial charge < -0.3 is 19.5 Å². The van der Waals surface area contributed by atoms with E-state index in [4.69, 9.17) is 14.6 Å². The van der Waals surface area contributed by atoms with Gasteiger partial charge in [0.2, 0.25) is 15.9 Å². The molecule has 1 aromatic heterocycles. The first-order valence-electron chi connectivity index (χ1n) is 10.1. The average molecular weight is 472 g/mol. The van der Waals surface area contributed by atoms with Gasteiger partial charge in [0.05, 0.1) is 18.2 Å². The van der Waals surface area contributed by atoms with Gasteiger partial charge in [-0.25, -0.2) is 27.3 Å². The van der Waals surface area contributed by atoms with E-state index in [2.05, 4.69) is 9.71 Å². The largest absolute Gasteiger partial charge is 0.481 e. The molecule has 1 atom stereocenters. The lowest BCUT2D eigenvalue weighted by molar-refractivity contribution is 0.0229. The minimum absolute atomic E-state index is 0.00767. The number of hydrogen-bond donors (Lipinski definition) is 2. The second-order valence-electron chi connectivity index (χ2n) is 8.32. The maximum atomic E-state index is 14.5. The Morgan fingerprint density at radius 3 is 2.62 bits per heavy atom. The molecule has 0 bridgehead atoms. The standard InChI is InChI=1S/C21H30FN3O6S/c1-14(13-25(10-7-11-26)20(27)31-21(2,3)4)24-32(28,29)17-9-6-8-15-18(17)16(22)12-23-19(15)30-5/h6,8-9,12,14,24,26H,7,10-11,13H2,1-5H3. The first-order valence-corrected chi connectivity index (χ1v) is 11.6. The number of carbonyl (C=O) groups is 1. The highest BCUT2D eigenvalue weighted by molar-refractivity contribution is 7.89. The topological polar surface area (TPSA) is 118 Å². The number of sulfonamides is 1. The summed E-state index contributed by atoms with van der Waals surface area (Å²) in [6.45, 7) is 6.79. The minimum atomic E-state index is -4.16. The number of nitrogens with one attached hydrogen (secondary N) is 1. The lowest BCUT2D eigenvalue weighted by Gasteiger charge is -2.29. The highest BCUT2D eigenvalue weighted by Gasteiger charge is 2.27. The molecule has 0 aliphatic heterocycles. The molecular formula is C21H30FN3O6S. The van der Waals surface area contributed by atoms with Crippen molar-refractivity contribution in [1.82, 2.24) is 14.6 Å². The summed E-state index contributed by atoms with van der Waals surface area (Å²) in [5.41, 5.74) is -0.731. The summed E-state index contributed by atoms with van der Waals surface area (Å²) in [7, 11) is -2.80.